The fourth-order valence-electron chi connectivity index (χ4n) is 2.23. The fourth-order valence-corrected chi connectivity index (χ4v) is 3.87. The second kappa shape index (κ2) is 6.99. The van der Waals surface area contributed by atoms with Gasteiger partial charge in [-0.2, -0.15) is 0 Å². The minimum absolute atomic E-state index is 0.0775. The summed E-state index contributed by atoms with van der Waals surface area (Å²) in [6.07, 6.45) is -0.463. The highest BCUT2D eigenvalue weighted by Crippen LogP contribution is 2.38. The van der Waals surface area contributed by atoms with Crippen LogP contribution in [-0.2, 0) is 0 Å². The highest BCUT2D eigenvalue weighted by Gasteiger charge is 2.24. The van der Waals surface area contributed by atoms with E-state index in [2.05, 4.69) is 49.6 Å². The molecule has 106 valence electrons. The van der Waals surface area contributed by atoms with E-state index in [1.54, 1.807) is 0 Å². The molecule has 0 spiro atoms. The maximum Gasteiger partial charge on any atom is 0.0945 e. The van der Waals surface area contributed by atoms with Crippen LogP contribution in [-0.4, -0.2) is 29.5 Å². The number of nitrogens with zero attached hydrogens (tertiary/aromatic N) is 1. The number of likely N-dealkylation sites (N-methyl/N-ethyl adjacent to an activating group) is 1. The van der Waals surface area contributed by atoms with Gasteiger partial charge in [-0.25, -0.2) is 0 Å². The van der Waals surface area contributed by atoms with Gasteiger partial charge >= 0.3 is 0 Å². The van der Waals surface area contributed by atoms with Crippen LogP contribution in [0.15, 0.2) is 60.7 Å². The van der Waals surface area contributed by atoms with Gasteiger partial charge in [0.1, 0.15) is 0 Å². The van der Waals surface area contributed by atoms with Crippen molar-refractivity contribution in [2.24, 2.45) is 0 Å². The average Bonchev–Trinajstić information content (AvgIpc) is 2.53. The van der Waals surface area contributed by atoms with E-state index in [-0.39, 0.29) is 6.04 Å². The zero-order chi connectivity index (χ0) is 14.5. The van der Waals surface area contributed by atoms with Crippen molar-refractivity contribution in [3.63, 3.8) is 0 Å². The van der Waals surface area contributed by atoms with Crippen LogP contribution in [0.1, 0.15) is 18.6 Å². The Morgan fingerprint density at radius 1 is 0.950 bits per heavy atom. The van der Waals surface area contributed by atoms with Gasteiger partial charge in [0.05, 0.1) is 6.10 Å². The Morgan fingerprint density at radius 2 is 1.45 bits per heavy atom. The number of aliphatic hydroxyl groups excluding tert-OH is 1. The second-order valence-corrected chi connectivity index (χ2v) is 7.22. The zero-order valence-electron chi connectivity index (χ0n) is 12.3. The molecule has 0 aliphatic carbocycles. The summed E-state index contributed by atoms with van der Waals surface area (Å²) in [4.78, 5) is 0. The van der Waals surface area contributed by atoms with Crippen LogP contribution in [0.5, 0.6) is 0 Å². The molecule has 2 nitrogen and oxygen atoms in total. The Balaban J connectivity index is 2.10. The van der Waals surface area contributed by atoms with Crippen molar-refractivity contribution in [3.8, 4) is 0 Å². The number of benzene rings is 2. The SMILES string of the molecule is C[C@@H]([C@H](O)c1ccccc1)N(C)[P@@](C)c1ccccc1. The minimum atomic E-state index is -0.463. The summed E-state index contributed by atoms with van der Waals surface area (Å²) in [5.74, 6) is 0. The molecule has 2 aromatic rings. The predicted molar refractivity (Wildman–Crippen MR) is 87.5 cm³/mol. The molecule has 0 fully saturated rings. The minimum Gasteiger partial charge on any atom is -0.387 e. The molecule has 0 saturated carbocycles. The lowest BCUT2D eigenvalue weighted by molar-refractivity contribution is 0.110. The van der Waals surface area contributed by atoms with E-state index in [1.165, 1.54) is 5.30 Å². The van der Waals surface area contributed by atoms with E-state index in [4.69, 9.17) is 0 Å². The topological polar surface area (TPSA) is 23.5 Å². The van der Waals surface area contributed by atoms with Crippen LogP contribution in [0.3, 0.4) is 0 Å². The van der Waals surface area contributed by atoms with E-state index in [9.17, 15) is 5.11 Å². The standard InChI is InChI=1S/C17H22NOP/c1-14(17(19)15-10-6-4-7-11-15)18(2)20(3)16-12-8-5-9-13-16/h4-14,17,19H,1-3H3/t14-,17-,20-/m0/s1. The Hall–Kier alpha value is -1.21. The van der Waals surface area contributed by atoms with Gasteiger partial charge in [0.2, 0.25) is 0 Å². The lowest BCUT2D eigenvalue weighted by atomic mass is 10.0. The molecular weight excluding hydrogens is 265 g/mol. The van der Waals surface area contributed by atoms with E-state index < -0.39 is 14.2 Å². The summed E-state index contributed by atoms with van der Waals surface area (Å²) in [6, 6.07) is 20.4. The van der Waals surface area contributed by atoms with Gasteiger partial charge in [-0.15, -0.1) is 0 Å². The lowest BCUT2D eigenvalue weighted by Crippen LogP contribution is -2.32. The lowest BCUT2D eigenvalue weighted by Gasteiger charge is -2.34. The molecule has 0 unspecified atom stereocenters. The molecule has 3 heteroatoms. The summed E-state index contributed by atoms with van der Waals surface area (Å²) in [7, 11) is 1.67. The van der Waals surface area contributed by atoms with Crippen molar-refractivity contribution in [3.05, 3.63) is 66.2 Å². The smallest absolute Gasteiger partial charge is 0.0945 e. The summed E-state index contributed by atoms with van der Waals surface area (Å²) in [6.45, 7) is 4.32. The molecule has 0 amide bonds. The summed E-state index contributed by atoms with van der Waals surface area (Å²) in [5, 5.41) is 11.9. The van der Waals surface area contributed by atoms with Crippen molar-refractivity contribution < 1.29 is 5.11 Å². The third-order valence-corrected chi connectivity index (χ3v) is 6.15. The molecule has 3 atom stereocenters. The van der Waals surface area contributed by atoms with E-state index in [1.807, 2.05) is 36.4 Å². The molecule has 20 heavy (non-hydrogen) atoms. The molecule has 2 aromatic carbocycles. The van der Waals surface area contributed by atoms with Crippen LogP contribution in [0, 0.1) is 0 Å². The molecule has 0 heterocycles. The largest absolute Gasteiger partial charge is 0.387 e. The van der Waals surface area contributed by atoms with Crippen LogP contribution in [0.25, 0.3) is 0 Å². The van der Waals surface area contributed by atoms with Gasteiger partial charge in [-0.05, 0) is 39.6 Å². The number of hydrogen-bond acceptors (Lipinski definition) is 2. The first-order chi connectivity index (χ1) is 9.61. The fraction of sp³-hybridized carbons (Fsp3) is 0.294. The highest BCUT2D eigenvalue weighted by molar-refractivity contribution is 7.62. The van der Waals surface area contributed by atoms with Gasteiger partial charge < -0.3 is 5.11 Å². The van der Waals surface area contributed by atoms with Gasteiger partial charge in [0.25, 0.3) is 0 Å². The molecule has 0 aromatic heterocycles. The first-order valence-electron chi connectivity index (χ1n) is 6.86. The Labute approximate surface area is 122 Å². The second-order valence-electron chi connectivity index (χ2n) is 5.03. The molecule has 0 bridgehead atoms. The number of hydrogen-bond donors (Lipinski definition) is 1. The van der Waals surface area contributed by atoms with E-state index >= 15 is 0 Å². The monoisotopic (exact) mass is 287 g/mol. The quantitative estimate of drug-likeness (QED) is 0.852. The van der Waals surface area contributed by atoms with Crippen LogP contribution >= 0.6 is 8.07 Å². The van der Waals surface area contributed by atoms with Crippen LogP contribution in [0.4, 0.5) is 0 Å². The predicted octanol–water partition coefficient (Wildman–Crippen LogP) is 3.39. The zero-order valence-corrected chi connectivity index (χ0v) is 13.2. The first-order valence-corrected chi connectivity index (χ1v) is 8.60. The molecule has 2 rings (SSSR count). The van der Waals surface area contributed by atoms with E-state index in [0.29, 0.717) is 0 Å². The van der Waals surface area contributed by atoms with Crippen molar-refractivity contribution in [1.29, 1.82) is 0 Å². The maximum atomic E-state index is 10.5. The average molecular weight is 287 g/mol. The number of aliphatic hydroxyl groups is 1. The first kappa shape index (κ1) is 15.2. The maximum absolute atomic E-state index is 10.5. The van der Waals surface area contributed by atoms with Gasteiger partial charge in [-0.3, -0.25) is 4.67 Å². The summed E-state index contributed by atoms with van der Waals surface area (Å²) < 4.78 is 2.28. The van der Waals surface area contributed by atoms with Crippen molar-refractivity contribution in [2.45, 2.75) is 19.1 Å². The Bertz CT molecular complexity index is 468. The third kappa shape index (κ3) is 3.46. The Morgan fingerprint density at radius 3 is 2.00 bits per heavy atom. The molecule has 0 saturated heterocycles. The molecule has 1 N–H and O–H groups in total. The van der Waals surface area contributed by atoms with Crippen molar-refractivity contribution >= 4 is 13.4 Å². The molecular formula is C17H22NOP. The van der Waals surface area contributed by atoms with Gasteiger partial charge in [0.15, 0.2) is 0 Å². The summed E-state index contributed by atoms with van der Waals surface area (Å²) in [5.41, 5.74) is 0.975. The molecule has 0 aliphatic rings. The van der Waals surface area contributed by atoms with Crippen LogP contribution in [0.2, 0.25) is 0 Å². The summed E-state index contributed by atoms with van der Waals surface area (Å²) >= 11 is 0. The highest BCUT2D eigenvalue weighted by atomic mass is 31.1. The van der Waals surface area contributed by atoms with Crippen molar-refractivity contribution in [2.75, 3.05) is 13.7 Å². The van der Waals surface area contributed by atoms with Gasteiger partial charge in [-0.1, -0.05) is 60.7 Å². The van der Waals surface area contributed by atoms with Crippen molar-refractivity contribution in [1.82, 2.24) is 4.67 Å². The molecule has 0 aliphatic heterocycles. The Kier molecular flexibility index (Phi) is 5.31. The van der Waals surface area contributed by atoms with E-state index in [0.717, 1.165) is 5.56 Å². The number of rotatable bonds is 5. The normalized spacial score (nSPS) is 15.8. The van der Waals surface area contributed by atoms with Gasteiger partial charge in [0, 0.05) is 6.04 Å². The molecule has 0 radical (unpaired) electrons. The van der Waals surface area contributed by atoms with Crippen LogP contribution < -0.4 is 5.30 Å². The third-order valence-electron chi connectivity index (χ3n) is 3.79.